The number of halogens is 1. The van der Waals surface area contributed by atoms with Crippen LogP contribution in [0.3, 0.4) is 0 Å². The van der Waals surface area contributed by atoms with Gasteiger partial charge in [0.15, 0.2) is 5.96 Å². The highest BCUT2D eigenvalue weighted by Gasteiger charge is 2.22. The van der Waals surface area contributed by atoms with Crippen molar-refractivity contribution < 1.29 is 4.74 Å². The molecule has 1 aliphatic heterocycles. The molecule has 0 spiro atoms. The summed E-state index contributed by atoms with van der Waals surface area (Å²) in [5.74, 6) is 1.87. The van der Waals surface area contributed by atoms with E-state index in [-0.39, 0.29) is 24.0 Å². The molecule has 1 aromatic carbocycles. The first-order valence-corrected chi connectivity index (χ1v) is 9.57. The van der Waals surface area contributed by atoms with Crippen LogP contribution in [0.25, 0.3) is 0 Å². The zero-order valence-electron chi connectivity index (χ0n) is 16.7. The Bertz CT molecular complexity index is 565. The van der Waals surface area contributed by atoms with E-state index in [9.17, 15) is 0 Å². The van der Waals surface area contributed by atoms with Gasteiger partial charge in [0.25, 0.3) is 0 Å². The van der Waals surface area contributed by atoms with Gasteiger partial charge in [0, 0.05) is 19.1 Å². The fourth-order valence-corrected chi connectivity index (χ4v) is 3.47. The Labute approximate surface area is 176 Å². The summed E-state index contributed by atoms with van der Waals surface area (Å²) < 4.78 is 5.47. The molecule has 5 nitrogen and oxygen atoms in total. The van der Waals surface area contributed by atoms with Crippen molar-refractivity contribution in [3.63, 3.8) is 0 Å². The first-order valence-electron chi connectivity index (χ1n) is 9.57. The molecule has 26 heavy (non-hydrogen) atoms. The number of nitrogens with zero attached hydrogens (tertiary/aromatic N) is 2. The number of likely N-dealkylation sites (N-methyl/N-ethyl adjacent to an activating group) is 1. The molecule has 1 atom stereocenters. The lowest BCUT2D eigenvalue weighted by atomic mass is 10.1. The predicted molar refractivity (Wildman–Crippen MR) is 121 cm³/mol. The van der Waals surface area contributed by atoms with Gasteiger partial charge < -0.3 is 15.4 Å². The van der Waals surface area contributed by atoms with E-state index < -0.39 is 0 Å². The Hall–Kier alpha value is -1.02. The fourth-order valence-electron chi connectivity index (χ4n) is 3.47. The van der Waals surface area contributed by atoms with Crippen LogP contribution < -0.4 is 15.4 Å². The summed E-state index contributed by atoms with van der Waals surface area (Å²) in [6.45, 7) is 11.4. The monoisotopic (exact) mass is 474 g/mol. The van der Waals surface area contributed by atoms with Crippen molar-refractivity contribution in [3.05, 3.63) is 29.3 Å². The van der Waals surface area contributed by atoms with Gasteiger partial charge >= 0.3 is 0 Å². The lowest BCUT2D eigenvalue weighted by Crippen LogP contribution is -2.40. The second-order valence-electron chi connectivity index (χ2n) is 6.64. The van der Waals surface area contributed by atoms with Gasteiger partial charge in [-0.2, -0.15) is 0 Å². The Morgan fingerprint density at radius 3 is 2.81 bits per heavy atom. The summed E-state index contributed by atoms with van der Waals surface area (Å²) in [6, 6.07) is 6.92. The predicted octanol–water partition coefficient (Wildman–Crippen LogP) is 3.20. The Balaban J connectivity index is 0.00000338. The van der Waals surface area contributed by atoms with Gasteiger partial charge in [-0.3, -0.25) is 9.89 Å². The Morgan fingerprint density at radius 2 is 2.12 bits per heavy atom. The molecule has 0 amide bonds. The highest BCUT2D eigenvalue weighted by Crippen LogP contribution is 2.20. The zero-order valence-corrected chi connectivity index (χ0v) is 19.0. The van der Waals surface area contributed by atoms with Crippen molar-refractivity contribution in [1.29, 1.82) is 0 Å². The summed E-state index contributed by atoms with van der Waals surface area (Å²) >= 11 is 0. The number of hydrogen-bond donors (Lipinski definition) is 2. The fraction of sp³-hybridized carbons (Fsp3) is 0.650. The number of likely N-dealkylation sites (tertiary alicyclic amines) is 1. The molecule has 2 rings (SSSR count). The van der Waals surface area contributed by atoms with Crippen molar-refractivity contribution in [3.8, 4) is 5.75 Å². The van der Waals surface area contributed by atoms with Gasteiger partial charge in [-0.1, -0.05) is 24.6 Å². The molecular formula is C20H35IN4O. The van der Waals surface area contributed by atoms with Crippen LogP contribution in [0.4, 0.5) is 0 Å². The smallest absolute Gasteiger partial charge is 0.191 e. The zero-order chi connectivity index (χ0) is 18.1. The van der Waals surface area contributed by atoms with Gasteiger partial charge in [-0.05, 0) is 57.8 Å². The summed E-state index contributed by atoms with van der Waals surface area (Å²) in [5, 5.41) is 6.82. The molecular weight excluding hydrogens is 439 g/mol. The van der Waals surface area contributed by atoms with Crippen molar-refractivity contribution in [2.45, 2.75) is 46.1 Å². The van der Waals surface area contributed by atoms with Crippen LogP contribution in [0.15, 0.2) is 23.2 Å². The number of rotatable bonds is 8. The van der Waals surface area contributed by atoms with Crippen LogP contribution in [0.2, 0.25) is 0 Å². The minimum atomic E-state index is 0. The SMILES string of the molecule is CCNC(=NCC1CCCN1CC)NCCc1cc(C)ccc1OC.I. The number of nitrogens with one attached hydrogen (secondary N) is 2. The third-order valence-electron chi connectivity index (χ3n) is 4.83. The minimum Gasteiger partial charge on any atom is -0.496 e. The quantitative estimate of drug-likeness (QED) is 0.345. The van der Waals surface area contributed by atoms with Gasteiger partial charge in [0.1, 0.15) is 5.75 Å². The molecule has 148 valence electrons. The number of hydrogen-bond acceptors (Lipinski definition) is 3. The largest absolute Gasteiger partial charge is 0.496 e. The number of aryl methyl sites for hydroxylation is 1. The molecule has 1 fully saturated rings. The molecule has 1 aromatic rings. The number of guanidine groups is 1. The van der Waals surface area contributed by atoms with Crippen LogP contribution in [0, 0.1) is 6.92 Å². The van der Waals surface area contributed by atoms with Crippen molar-refractivity contribution >= 4 is 29.9 Å². The number of benzene rings is 1. The maximum absolute atomic E-state index is 5.47. The van der Waals surface area contributed by atoms with E-state index in [1.165, 1.54) is 30.5 Å². The topological polar surface area (TPSA) is 48.9 Å². The third kappa shape index (κ3) is 6.95. The first kappa shape index (κ1) is 23.0. The standard InChI is InChI=1S/C20H34N4O.HI/c1-5-21-20(23-15-18-8-7-13-24(18)6-2)22-12-11-17-14-16(3)9-10-19(17)25-4;/h9-10,14,18H,5-8,11-13,15H2,1-4H3,(H2,21,22,23);1H. The molecule has 0 aromatic heterocycles. The normalized spacial score (nSPS) is 17.7. The molecule has 0 aliphatic carbocycles. The summed E-state index contributed by atoms with van der Waals surface area (Å²) in [5.41, 5.74) is 2.50. The molecule has 0 radical (unpaired) electrons. The van der Waals surface area contributed by atoms with E-state index in [1.807, 2.05) is 6.07 Å². The minimum absolute atomic E-state index is 0. The van der Waals surface area contributed by atoms with E-state index in [0.29, 0.717) is 6.04 Å². The van der Waals surface area contributed by atoms with Gasteiger partial charge in [-0.25, -0.2) is 0 Å². The average Bonchev–Trinajstić information content (AvgIpc) is 3.07. The molecule has 6 heteroatoms. The molecule has 0 saturated carbocycles. The number of ether oxygens (including phenoxy) is 1. The van der Waals surface area contributed by atoms with Crippen molar-refractivity contribution in [2.75, 3.05) is 39.8 Å². The Morgan fingerprint density at radius 1 is 1.31 bits per heavy atom. The van der Waals surface area contributed by atoms with Crippen molar-refractivity contribution in [1.82, 2.24) is 15.5 Å². The molecule has 1 unspecified atom stereocenters. The molecule has 1 heterocycles. The van der Waals surface area contributed by atoms with Crippen LogP contribution in [0.1, 0.15) is 37.8 Å². The van der Waals surface area contributed by atoms with Crippen LogP contribution in [-0.4, -0.2) is 56.7 Å². The van der Waals surface area contributed by atoms with E-state index in [0.717, 1.165) is 44.3 Å². The van der Waals surface area contributed by atoms with E-state index in [4.69, 9.17) is 9.73 Å². The average molecular weight is 474 g/mol. The Kier molecular flexibility index (Phi) is 11.0. The van der Waals surface area contributed by atoms with E-state index >= 15 is 0 Å². The molecule has 1 aliphatic rings. The van der Waals surface area contributed by atoms with E-state index in [1.54, 1.807) is 7.11 Å². The molecule has 0 bridgehead atoms. The van der Waals surface area contributed by atoms with E-state index in [2.05, 4.69) is 48.4 Å². The first-order chi connectivity index (χ1) is 12.2. The summed E-state index contributed by atoms with van der Waals surface area (Å²) in [4.78, 5) is 7.34. The van der Waals surface area contributed by atoms with Gasteiger partial charge in [0.05, 0.1) is 13.7 Å². The summed E-state index contributed by atoms with van der Waals surface area (Å²) in [6.07, 6.45) is 3.47. The molecule has 1 saturated heterocycles. The van der Waals surface area contributed by atoms with Crippen LogP contribution in [-0.2, 0) is 6.42 Å². The van der Waals surface area contributed by atoms with Crippen LogP contribution in [0.5, 0.6) is 5.75 Å². The second-order valence-corrected chi connectivity index (χ2v) is 6.64. The number of methoxy groups -OCH3 is 1. The van der Waals surface area contributed by atoms with Gasteiger partial charge in [0.2, 0.25) is 0 Å². The lowest BCUT2D eigenvalue weighted by molar-refractivity contribution is 0.273. The summed E-state index contributed by atoms with van der Waals surface area (Å²) in [7, 11) is 1.73. The van der Waals surface area contributed by atoms with Crippen molar-refractivity contribution in [2.24, 2.45) is 4.99 Å². The lowest BCUT2D eigenvalue weighted by Gasteiger charge is -2.21. The highest BCUT2D eigenvalue weighted by atomic mass is 127. The highest BCUT2D eigenvalue weighted by molar-refractivity contribution is 14.0. The molecule has 2 N–H and O–H groups in total. The second kappa shape index (κ2) is 12.4. The maximum Gasteiger partial charge on any atom is 0.191 e. The number of aliphatic imine (C=N–C) groups is 1. The third-order valence-corrected chi connectivity index (χ3v) is 4.83. The maximum atomic E-state index is 5.47. The van der Waals surface area contributed by atoms with Crippen LogP contribution >= 0.6 is 24.0 Å². The van der Waals surface area contributed by atoms with Gasteiger partial charge in [-0.15, -0.1) is 24.0 Å².